The number of pyridine rings is 1. The van der Waals surface area contributed by atoms with Crippen LogP contribution in [-0.2, 0) is 6.54 Å². The van der Waals surface area contributed by atoms with Gasteiger partial charge in [-0.2, -0.15) is 0 Å². The molecule has 0 spiro atoms. The van der Waals surface area contributed by atoms with E-state index in [1.54, 1.807) is 19.3 Å². The molecule has 2 fully saturated rings. The molecule has 1 atom stereocenters. The molecule has 0 aliphatic carbocycles. The largest absolute Gasteiger partial charge is 0.355 e. The quantitative estimate of drug-likeness (QED) is 0.709. The minimum absolute atomic E-state index is 0.174. The fourth-order valence-corrected chi connectivity index (χ4v) is 5.31. The number of piperazine rings is 1. The van der Waals surface area contributed by atoms with Gasteiger partial charge in [-0.05, 0) is 56.6 Å². The van der Waals surface area contributed by atoms with Crippen LogP contribution in [0.25, 0.3) is 0 Å². The van der Waals surface area contributed by atoms with Gasteiger partial charge in [0.2, 0.25) is 0 Å². The molecule has 172 valence electrons. The van der Waals surface area contributed by atoms with Gasteiger partial charge in [0.05, 0.1) is 10.6 Å². The molecule has 1 aromatic heterocycles. The first kappa shape index (κ1) is 23.3. The molecule has 0 radical (unpaired) electrons. The minimum atomic E-state index is -0.174. The molecule has 2 saturated heterocycles. The Hall–Kier alpha value is -1.86. The zero-order chi connectivity index (χ0) is 22.7. The van der Waals surface area contributed by atoms with E-state index in [4.69, 9.17) is 23.2 Å². The Labute approximate surface area is 200 Å². The van der Waals surface area contributed by atoms with Crippen molar-refractivity contribution in [1.82, 2.24) is 20.1 Å². The maximum Gasteiger partial charge on any atom is 0.252 e. The van der Waals surface area contributed by atoms with Crippen LogP contribution in [0, 0.1) is 0 Å². The molecule has 8 heteroatoms. The van der Waals surface area contributed by atoms with Crippen LogP contribution < -0.4 is 10.2 Å². The van der Waals surface area contributed by atoms with Crippen molar-refractivity contribution in [3.05, 3.63) is 57.7 Å². The van der Waals surface area contributed by atoms with Gasteiger partial charge in [0, 0.05) is 56.5 Å². The molecule has 6 nitrogen and oxygen atoms in total. The van der Waals surface area contributed by atoms with Gasteiger partial charge in [-0.1, -0.05) is 35.3 Å². The highest BCUT2D eigenvalue weighted by Crippen LogP contribution is 2.29. The molecule has 3 heterocycles. The summed E-state index contributed by atoms with van der Waals surface area (Å²) in [4.78, 5) is 23.8. The predicted molar refractivity (Wildman–Crippen MR) is 131 cm³/mol. The van der Waals surface area contributed by atoms with E-state index in [1.165, 1.54) is 18.4 Å². The number of halogens is 2. The Morgan fingerprint density at radius 1 is 1.12 bits per heavy atom. The van der Waals surface area contributed by atoms with Crippen LogP contribution in [-0.4, -0.2) is 72.5 Å². The lowest BCUT2D eigenvalue weighted by Crippen LogP contribution is -2.57. The molecule has 2 aliphatic rings. The highest BCUT2D eigenvalue weighted by molar-refractivity contribution is 6.33. The number of nitrogens with zero attached hydrogens (tertiary/aromatic N) is 4. The number of carbonyl (C=O) groups excluding carboxylic acids is 1. The number of rotatable bonds is 5. The van der Waals surface area contributed by atoms with Crippen molar-refractivity contribution >= 4 is 34.9 Å². The zero-order valence-corrected chi connectivity index (χ0v) is 20.2. The van der Waals surface area contributed by atoms with Gasteiger partial charge in [-0.15, -0.1) is 0 Å². The monoisotopic (exact) mass is 475 g/mol. The molecule has 32 heavy (non-hydrogen) atoms. The topological polar surface area (TPSA) is 51.7 Å². The molecular formula is C24H31Cl2N5O. The predicted octanol–water partition coefficient (Wildman–Crippen LogP) is 3.92. The summed E-state index contributed by atoms with van der Waals surface area (Å²) in [6.07, 6.45) is 3.99. The molecule has 0 bridgehead atoms. The molecule has 0 saturated carbocycles. The van der Waals surface area contributed by atoms with Crippen LogP contribution in [0.4, 0.5) is 5.82 Å². The van der Waals surface area contributed by atoms with Gasteiger partial charge in [0.25, 0.3) is 5.91 Å². The van der Waals surface area contributed by atoms with Crippen LogP contribution in [0.2, 0.25) is 10.0 Å². The van der Waals surface area contributed by atoms with E-state index in [1.807, 2.05) is 12.1 Å². The van der Waals surface area contributed by atoms with Crippen LogP contribution in [0.5, 0.6) is 0 Å². The van der Waals surface area contributed by atoms with Crippen LogP contribution in [0.15, 0.2) is 36.5 Å². The summed E-state index contributed by atoms with van der Waals surface area (Å²) in [5.41, 5.74) is 1.81. The van der Waals surface area contributed by atoms with Crippen LogP contribution in [0.1, 0.15) is 35.7 Å². The first-order valence-corrected chi connectivity index (χ1v) is 12.1. The summed E-state index contributed by atoms with van der Waals surface area (Å²) in [5.74, 6) is 0.593. The first-order valence-electron chi connectivity index (χ1n) is 11.3. The fourth-order valence-electron chi connectivity index (χ4n) is 4.90. The summed E-state index contributed by atoms with van der Waals surface area (Å²) in [6, 6.07) is 10.9. The lowest BCUT2D eigenvalue weighted by atomic mass is 9.99. The molecule has 1 N–H and O–H groups in total. The second-order valence-electron chi connectivity index (χ2n) is 8.78. The molecule has 2 aliphatic heterocycles. The Balaban J connectivity index is 1.30. The van der Waals surface area contributed by atoms with E-state index in [2.05, 4.69) is 44.1 Å². The molecule has 0 unspecified atom stereocenters. The van der Waals surface area contributed by atoms with Crippen molar-refractivity contribution < 1.29 is 4.79 Å². The molecule has 1 amide bonds. The van der Waals surface area contributed by atoms with Gasteiger partial charge in [0.1, 0.15) is 5.82 Å². The Kier molecular flexibility index (Phi) is 7.56. The second kappa shape index (κ2) is 10.4. The molecule has 2 aromatic rings. The smallest absolute Gasteiger partial charge is 0.252 e. The Bertz CT molecular complexity index is 930. The maximum absolute atomic E-state index is 11.8. The number of nitrogens with one attached hydrogen (secondary N) is 1. The van der Waals surface area contributed by atoms with E-state index < -0.39 is 0 Å². The van der Waals surface area contributed by atoms with E-state index in [0.717, 1.165) is 50.1 Å². The Morgan fingerprint density at radius 3 is 2.47 bits per heavy atom. The third-order valence-corrected chi connectivity index (χ3v) is 7.17. The minimum Gasteiger partial charge on any atom is -0.355 e. The van der Waals surface area contributed by atoms with Gasteiger partial charge >= 0.3 is 0 Å². The number of carbonyl (C=O) groups is 1. The summed E-state index contributed by atoms with van der Waals surface area (Å²) >= 11 is 12.5. The first-order chi connectivity index (χ1) is 15.4. The van der Waals surface area contributed by atoms with Gasteiger partial charge < -0.3 is 10.2 Å². The second-order valence-corrected chi connectivity index (χ2v) is 9.62. The average Bonchev–Trinajstić information content (AvgIpc) is 2.80. The Morgan fingerprint density at radius 2 is 1.84 bits per heavy atom. The lowest BCUT2D eigenvalue weighted by Gasteiger charge is -2.47. The highest BCUT2D eigenvalue weighted by atomic mass is 35.5. The standard InChI is InChI=1S/C24H31Cl2N5O/c1-17-15-30(23-22(26)13-19(14-28-23)24(32)27-2)11-12-31(17)21-7-9-29(10-8-21)16-18-3-5-20(25)6-4-18/h3-6,13-14,17,21H,7-12,15-16H2,1-2H3,(H,27,32)/t17-/m0/s1. The number of amides is 1. The van der Waals surface area contributed by atoms with Crippen molar-refractivity contribution in [3.63, 3.8) is 0 Å². The molecule has 4 rings (SSSR count). The average molecular weight is 476 g/mol. The van der Waals surface area contributed by atoms with E-state index in [-0.39, 0.29) is 5.91 Å². The maximum atomic E-state index is 11.8. The summed E-state index contributed by atoms with van der Waals surface area (Å²) in [6.45, 7) is 8.29. The summed E-state index contributed by atoms with van der Waals surface area (Å²) < 4.78 is 0. The van der Waals surface area contributed by atoms with Crippen LogP contribution >= 0.6 is 23.2 Å². The summed E-state index contributed by atoms with van der Waals surface area (Å²) in [5, 5.41) is 3.93. The van der Waals surface area contributed by atoms with Crippen molar-refractivity contribution in [2.75, 3.05) is 44.7 Å². The SMILES string of the molecule is CNC(=O)c1cnc(N2CCN(C3CCN(Cc4ccc(Cl)cc4)CC3)[C@@H](C)C2)c(Cl)c1. The number of anilines is 1. The third kappa shape index (κ3) is 5.37. The van der Waals surface area contributed by atoms with Crippen molar-refractivity contribution in [2.24, 2.45) is 0 Å². The van der Waals surface area contributed by atoms with E-state index in [9.17, 15) is 4.79 Å². The molecule has 1 aromatic carbocycles. The van der Waals surface area contributed by atoms with Gasteiger partial charge in [0.15, 0.2) is 0 Å². The number of hydrogen-bond acceptors (Lipinski definition) is 5. The van der Waals surface area contributed by atoms with Crippen molar-refractivity contribution in [2.45, 2.75) is 38.4 Å². The van der Waals surface area contributed by atoms with Crippen molar-refractivity contribution in [3.8, 4) is 0 Å². The van der Waals surface area contributed by atoms with Crippen LogP contribution in [0.3, 0.4) is 0 Å². The van der Waals surface area contributed by atoms with E-state index in [0.29, 0.717) is 22.7 Å². The fraction of sp³-hybridized carbons (Fsp3) is 0.500. The van der Waals surface area contributed by atoms with E-state index >= 15 is 0 Å². The zero-order valence-electron chi connectivity index (χ0n) is 18.7. The number of aromatic nitrogens is 1. The third-order valence-electron chi connectivity index (χ3n) is 6.63. The number of piperidine rings is 1. The number of hydrogen-bond donors (Lipinski definition) is 1. The lowest BCUT2D eigenvalue weighted by molar-refractivity contribution is 0.0690. The highest BCUT2D eigenvalue weighted by Gasteiger charge is 2.32. The van der Waals surface area contributed by atoms with Gasteiger partial charge in [-0.25, -0.2) is 4.98 Å². The summed E-state index contributed by atoms with van der Waals surface area (Å²) in [7, 11) is 1.60. The van der Waals surface area contributed by atoms with Gasteiger partial charge in [-0.3, -0.25) is 14.6 Å². The number of likely N-dealkylation sites (tertiary alicyclic amines) is 1. The normalized spacial score (nSPS) is 21.0. The van der Waals surface area contributed by atoms with Crippen molar-refractivity contribution in [1.29, 1.82) is 0 Å². The molecular weight excluding hydrogens is 445 g/mol. The number of benzene rings is 1.